The van der Waals surface area contributed by atoms with E-state index in [2.05, 4.69) is 10.1 Å². The molecule has 0 amide bonds. The van der Waals surface area contributed by atoms with Crippen molar-refractivity contribution in [2.75, 3.05) is 20.8 Å². The fourth-order valence-corrected chi connectivity index (χ4v) is 2.39. The standard InChI is InChI=1S/C14H23N3O4/c1-14(2,3)13-15-11(16-21-13)8-17-7-9(19-4)6-10(17)12(18)20-5/h9-10H,6-8H2,1-5H3/t9-,10-/m0/s1. The summed E-state index contributed by atoms with van der Waals surface area (Å²) in [4.78, 5) is 18.2. The van der Waals surface area contributed by atoms with Crippen LogP contribution in [0.15, 0.2) is 4.52 Å². The van der Waals surface area contributed by atoms with E-state index in [0.717, 1.165) is 0 Å². The van der Waals surface area contributed by atoms with E-state index >= 15 is 0 Å². The second-order valence-electron chi connectivity index (χ2n) is 6.33. The van der Waals surface area contributed by atoms with Crippen molar-refractivity contribution < 1.29 is 18.8 Å². The first kappa shape index (κ1) is 15.9. The lowest BCUT2D eigenvalue weighted by Crippen LogP contribution is -2.36. The van der Waals surface area contributed by atoms with Gasteiger partial charge in [-0.3, -0.25) is 9.69 Å². The lowest BCUT2D eigenvalue weighted by atomic mass is 9.97. The molecule has 1 fully saturated rings. The maximum atomic E-state index is 11.9. The Balaban J connectivity index is 2.09. The summed E-state index contributed by atoms with van der Waals surface area (Å²) in [7, 11) is 3.04. The highest BCUT2D eigenvalue weighted by Crippen LogP contribution is 2.24. The third kappa shape index (κ3) is 3.59. The van der Waals surface area contributed by atoms with Crippen molar-refractivity contribution in [1.82, 2.24) is 15.0 Å². The number of rotatable bonds is 4. The van der Waals surface area contributed by atoms with Crippen molar-refractivity contribution in [1.29, 1.82) is 0 Å². The quantitative estimate of drug-likeness (QED) is 0.771. The zero-order chi connectivity index (χ0) is 15.6. The predicted molar refractivity (Wildman–Crippen MR) is 74.6 cm³/mol. The van der Waals surface area contributed by atoms with Gasteiger partial charge in [-0.25, -0.2) is 0 Å². The van der Waals surface area contributed by atoms with Crippen LogP contribution < -0.4 is 0 Å². The van der Waals surface area contributed by atoms with Crippen LogP contribution in [-0.4, -0.2) is 53.9 Å². The van der Waals surface area contributed by atoms with Gasteiger partial charge >= 0.3 is 5.97 Å². The van der Waals surface area contributed by atoms with Gasteiger partial charge in [0.1, 0.15) is 6.04 Å². The molecule has 1 aromatic rings. The summed E-state index contributed by atoms with van der Waals surface area (Å²) >= 11 is 0. The highest BCUT2D eigenvalue weighted by molar-refractivity contribution is 5.76. The zero-order valence-corrected chi connectivity index (χ0v) is 13.3. The van der Waals surface area contributed by atoms with Crippen LogP contribution in [0, 0.1) is 0 Å². The summed E-state index contributed by atoms with van der Waals surface area (Å²) < 4.78 is 15.5. The van der Waals surface area contributed by atoms with Crippen LogP contribution >= 0.6 is 0 Å². The van der Waals surface area contributed by atoms with Crippen molar-refractivity contribution >= 4 is 5.97 Å². The molecular weight excluding hydrogens is 274 g/mol. The molecule has 0 radical (unpaired) electrons. The summed E-state index contributed by atoms with van der Waals surface area (Å²) in [5, 5.41) is 4.00. The Hall–Kier alpha value is -1.47. The smallest absolute Gasteiger partial charge is 0.323 e. The van der Waals surface area contributed by atoms with E-state index in [-0.39, 0.29) is 23.5 Å². The summed E-state index contributed by atoms with van der Waals surface area (Å²) in [5.74, 6) is 0.911. The van der Waals surface area contributed by atoms with E-state index in [1.807, 2.05) is 25.7 Å². The van der Waals surface area contributed by atoms with Gasteiger partial charge in [0.25, 0.3) is 0 Å². The number of aromatic nitrogens is 2. The third-order valence-corrected chi connectivity index (χ3v) is 3.63. The van der Waals surface area contributed by atoms with Crippen molar-refractivity contribution in [2.24, 2.45) is 0 Å². The molecule has 1 aliphatic rings. The van der Waals surface area contributed by atoms with Gasteiger partial charge in [0.2, 0.25) is 5.89 Å². The van der Waals surface area contributed by atoms with Crippen LogP contribution in [-0.2, 0) is 26.2 Å². The molecule has 1 saturated heterocycles. The maximum absolute atomic E-state index is 11.9. The molecule has 0 N–H and O–H groups in total. The fraction of sp³-hybridized carbons (Fsp3) is 0.786. The van der Waals surface area contributed by atoms with Gasteiger partial charge in [-0.1, -0.05) is 25.9 Å². The minimum atomic E-state index is -0.323. The molecule has 0 aliphatic carbocycles. The average Bonchev–Trinajstić information content (AvgIpc) is 3.04. The van der Waals surface area contributed by atoms with E-state index in [0.29, 0.717) is 31.2 Å². The Labute approximate surface area is 124 Å². The zero-order valence-electron chi connectivity index (χ0n) is 13.3. The summed E-state index contributed by atoms with van der Waals surface area (Å²) in [5.41, 5.74) is -0.187. The monoisotopic (exact) mass is 297 g/mol. The van der Waals surface area contributed by atoms with E-state index in [4.69, 9.17) is 14.0 Å². The summed E-state index contributed by atoms with van der Waals surface area (Å²) in [6.07, 6.45) is 0.635. The number of carbonyl (C=O) groups excluding carboxylic acids is 1. The topological polar surface area (TPSA) is 77.7 Å². The normalized spacial score (nSPS) is 23.5. The van der Waals surface area contributed by atoms with Gasteiger partial charge in [-0.05, 0) is 0 Å². The van der Waals surface area contributed by atoms with Crippen molar-refractivity contribution in [2.45, 2.75) is 51.3 Å². The first-order chi connectivity index (χ1) is 9.85. The maximum Gasteiger partial charge on any atom is 0.323 e. The second kappa shape index (κ2) is 6.11. The van der Waals surface area contributed by atoms with Gasteiger partial charge in [0, 0.05) is 25.5 Å². The first-order valence-electron chi connectivity index (χ1n) is 7.03. The molecule has 2 rings (SSSR count). The second-order valence-corrected chi connectivity index (χ2v) is 6.33. The molecule has 2 heterocycles. The van der Waals surface area contributed by atoms with Gasteiger partial charge in [0.15, 0.2) is 5.82 Å². The number of carbonyl (C=O) groups is 1. The van der Waals surface area contributed by atoms with Crippen LogP contribution in [0.2, 0.25) is 0 Å². The lowest BCUT2D eigenvalue weighted by molar-refractivity contribution is -0.146. The molecule has 0 bridgehead atoms. The first-order valence-corrected chi connectivity index (χ1v) is 7.03. The molecule has 2 atom stereocenters. The molecule has 0 saturated carbocycles. The van der Waals surface area contributed by atoms with Crippen molar-refractivity contribution in [3.63, 3.8) is 0 Å². The number of methoxy groups -OCH3 is 2. The Morgan fingerprint density at radius 1 is 1.43 bits per heavy atom. The Bertz CT molecular complexity index is 495. The number of hydrogen-bond acceptors (Lipinski definition) is 7. The van der Waals surface area contributed by atoms with Gasteiger partial charge in [-0.2, -0.15) is 4.98 Å². The molecule has 0 aromatic carbocycles. The SMILES string of the molecule is COC(=O)[C@@H]1C[C@H](OC)CN1Cc1noc(C(C)(C)C)n1. The molecule has 0 spiro atoms. The predicted octanol–water partition coefficient (Wildman–Crippen LogP) is 1.13. The largest absolute Gasteiger partial charge is 0.468 e. The third-order valence-electron chi connectivity index (χ3n) is 3.63. The molecular formula is C14H23N3O4. The van der Waals surface area contributed by atoms with Gasteiger partial charge < -0.3 is 14.0 Å². The molecule has 7 heteroatoms. The minimum absolute atomic E-state index is 0.0167. The molecule has 21 heavy (non-hydrogen) atoms. The van der Waals surface area contributed by atoms with Crippen LogP contribution in [0.4, 0.5) is 0 Å². The van der Waals surface area contributed by atoms with Crippen LogP contribution in [0.5, 0.6) is 0 Å². The van der Waals surface area contributed by atoms with E-state index < -0.39 is 0 Å². The van der Waals surface area contributed by atoms with Gasteiger partial charge in [0.05, 0.1) is 19.8 Å². The van der Waals surface area contributed by atoms with Crippen molar-refractivity contribution in [3.8, 4) is 0 Å². The number of nitrogens with zero attached hydrogens (tertiary/aromatic N) is 3. The van der Waals surface area contributed by atoms with E-state index in [1.54, 1.807) is 7.11 Å². The van der Waals surface area contributed by atoms with Crippen LogP contribution in [0.1, 0.15) is 38.9 Å². The van der Waals surface area contributed by atoms with Crippen LogP contribution in [0.3, 0.4) is 0 Å². The highest BCUT2D eigenvalue weighted by Gasteiger charge is 2.38. The number of hydrogen-bond donors (Lipinski definition) is 0. The van der Waals surface area contributed by atoms with E-state index in [1.165, 1.54) is 7.11 Å². The summed E-state index contributed by atoms with van der Waals surface area (Å²) in [6.45, 7) is 7.13. The fourth-order valence-electron chi connectivity index (χ4n) is 2.39. The molecule has 7 nitrogen and oxygen atoms in total. The molecule has 0 unspecified atom stereocenters. The van der Waals surface area contributed by atoms with Crippen LogP contribution in [0.25, 0.3) is 0 Å². The summed E-state index contributed by atoms with van der Waals surface area (Å²) in [6, 6.07) is -0.323. The lowest BCUT2D eigenvalue weighted by Gasteiger charge is -2.20. The Kier molecular flexibility index (Phi) is 4.63. The van der Waals surface area contributed by atoms with Gasteiger partial charge in [-0.15, -0.1) is 0 Å². The average molecular weight is 297 g/mol. The Morgan fingerprint density at radius 3 is 2.67 bits per heavy atom. The molecule has 1 aliphatic heterocycles. The van der Waals surface area contributed by atoms with Crippen molar-refractivity contribution in [3.05, 3.63) is 11.7 Å². The Morgan fingerprint density at radius 2 is 2.14 bits per heavy atom. The number of likely N-dealkylation sites (tertiary alicyclic amines) is 1. The minimum Gasteiger partial charge on any atom is -0.468 e. The number of ether oxygens (including phenoxy) is 2. The molecule has 1 aromatic heterocycles. The number of esters is 1. The highest BCUT2D eigenvalue weighted by atomic mass is 16.5. The molecule has 118 valence electrons. The van der Waals surface area contributed by atoms with E-state index in [9.17, 15) is 4.79 Å².